The van der Waals surface area contributed by atoms with Crippen LogP contribution >= 0.6 is 0 Å². The number of hydrogen-bond acceptors (Lipinski definition) is 3. The highest BCUT2D eigenvalue weighted by molar-refractivity contribution is 5.96. The molecule has 1 fully saturated rings. The Bertz CT molecular complexity index is 339. The highest BCUT2D eigenvalue weighted by Gasteiger charge is 2.29. The van der Waals surface area contributed by atoms with Gasteiger partial charge in [-0.3, -0.25) is 9.78 Å². The third kappa shape index (κ3) is 2.15. The predicted molar refractivity (Wildman–Crippen MR) is 58.7 cm³/mol. The fraction of sp³-hybridized carbons (Fsp3) is 0.455. The van der Waals surface area contributed by atoms with Crippen molar-refractivity contribution in [1.82, 2.24) is 10.3 Å². The van der Waals surface area contributed by atoms with Gasteiger partial charge in [0.2, 0.25) is 5.91 Å². The van der Waals surface area contributed by atoms with Crippen LogP contribution in [-0.4, -0.2) is 30.0 Å². The number of aromatic nitrogens is 1. The van der Waals surface area contributed by atoms with E-state index in [1.165, 1.54) is 0 Å². The highest BCUT2D eigenvalue weighted by Crippen LogP contribution is 2.19. The summed E-state index contributed by atoms with van der Waals surface area (Å²) in [6.45, 7) is 3.70. The van der Waals surface area contributed by atoms with Gasteiger partial charge in [0, 0.05) is 25.2 Å². The summed E-state index contributed by atoms with van der Waals surface area (Å²) < 4.78 is 0. The van der Waals surface area contributed by atoms with Crippen LogP contribution in [0.25, 0.3) is 0 Å². The van der Waals surface area contributed by atoms with E-state index in [-0.39, 0.29) is 11.9 Å². The molecule has 0 aliphatic carbocycles. The zero-order chi connectivity index (χ0) is 10.7. The standard InChI is InChI=1S/C11H15N3O/c1-2-13-9-6-11(15)14(8-9)10-4-3-5-12-7-10/h3-5,7,9,13H,2,6,8H2,1H3. The number of pyridine rings is 1. The molecule has 4 heteroatoms. The van der Waals surface area contributed by atoms with Gasteiger partial charge in [0.1, 0.15) is 0 Å². The first kappa shape index (κ1) is 10.1. The van der Waals surface area contributed by atoms with Crippen LogP contribution in [0.2, 0.25) is 0 Å². The number of nitrogens with one attached hydrogen (secondary N) is 1. The second-order valence-corrected chi connectivity index (χ2v) is 3.67. The minimum absolute atomic E-state index is 0.175. The van der Waals surface area contributed by atoms with Gasteiger partial charge in [0.05, 0.1) is 11.9 Å². The summed E-state index contributed by atoms with van der Waals surface area (Å²) in [5.74, 6) is 0.175. The Kier molecular flexibility index (Phi) is 2.97. The normalized spacial score (nSPS) is 21.0. The van der Waals surface area contributed by atoms with E-state index >= 15 is 0 Å². The average Bonchev–Trinajstić information content (AvgIpc) is 2.61. The maximum absolute atomic E-state index is 11.7. The molecule has 1 aromatic rings. The molecule has 1 aliphatic rings. The van der Waals surface area contributed by atoms with Gasteiger partial charge < -0.3 is 10.2 Å². The molecule has 1 unspecified atom stereocenters. The van der Waals surface area contributed by atoms with E-state index in [2.05, 4.69) is 17.2 Å². The van der Waals surface area contributed by atoms with Crippen LogP contribution in [0.1, 0.15) is 13.3 Å². The van der Waals surface area contributed by atoms with Crippen LogP contribution in [0.5, 0.6) is 0 Å². The van der Waals surface area contributed by atoms with Crippen molar-refractivity contribution in [2.75, 3.05) is 18.0 Å². The summed E-state index contributed by atoms with van der Waals surface area (Å²) in [7, 11) is 0. The van der Waals surface area contributed by atoms with Crippen molar-refractivity contribution in [1.29, 1.82) is 0 Å². The zero-order valence-electron chi connectivity index (χ0n) is 8.81. The van der Waals surface area contributed by atoms with Gasteiger partial charge in [-0.1, -0.05) is 6.92 Å². The number of rotatable bonds is 3. The van der Waals surface area contributed by atoms with E-state index < -0.39 is 0 Å². The number of hydrogen-bond donors (Lipinski definition) is 1. The van der Waals surface area contributed by atoms with Crippen molar-refractivity contribution in [2.45, 2.75) is 19.4 Å². The van der Waals surface area contributed by atoms with Gasteiger partial charge in [-0.15, -0.1) is 0 Å². The monoisotopic (exact) mass is 205 g/mol. The maximum Gasteiger partial charge on any atom is 0.228 e. The molecule has 2 heterocycles. The minimum atomic E-state index is 0.175. The Morgan fingerprint density at radius 1 is 1.67 bits per heavy atom. The van der Waals surface area contributed by atoms with Gasteiger partial charge in [-0.2, -0.15) is 0 Å². The van der Waals surface area contributed by atoms with Gasteiger partial charge >= 0.3 is 0 Å². The summed E-state index contributed by atoms with van der Waals surface area (Å²) in [6.07, 6.45) is 4.03. The van der Waals surface area contributed by atoms with Crippen LogP contribution < -0.4 is 10.2 Å². The molecule has 1 atom stereocenters. The molecule has 0 spiro atoms. The van der Waals surface area contributed by atoms with Gasteiger partial charge in [-0.25, -0.2) is 0 Å². The van der Waals surface area contributed by atoms with Crippen molar-refractivity contribution in [2.24, 2.45) is 0 Å². The molecule has 0 aromatic carbocycles. The second-order valence-electron chi connectivity index (χ2n) is 3.67. The molecule has 1 aliphatic heterocycles. The van der Waals surface area contributed by atoms with E-state index in [1.54, 1.807) is 17.3 Å². The molecule has 0 bridgehead atoms. The number of carbonyl (C=O) groups is 1. The lowest BCUT2D eigenvalue weighted by atomic mass is 10.2. The Morgan fingerprint density at radius 2 is 2.53 bits per heavy atom. The van der Waals surface area contributed by atoms with Crippen molar-refractivity contribution in [3.63, 3.8) is 0 Å². The minimum Gasteiger partial charge on any atom is -0.312 e. The van der Waals surface area contributed by atoms with Crippen molar-refractivity contribution >= 4 is 11.6 Å². The second kappa shape index (κ2) is 4.40. The molecule has 80 valence electrons. The molecule has 1 saturated heterocycles. The van der Waals surface area contributed by atoms with Crippen LogP contribution in [0.4, 0.5) is 5.69 Å². The summed E-state index contributed by atoms with van der Waals surface area (Å²) >= 11 is 0. The van der Waals surface area contributed by atoms with Gasteiger partial charge in [0.25, 0.3) is 0 Å². The maximum atomic E-state index is 11.7. The molecule has 0 saturated carbocycles. The largest absolute Gasteiger partial charge is 0.312 e. The molecule has 1 amide bonds. The van der Waals surface area contributed by atoms with Crippen LogP contribution in [0, 0.1) is 0 Å². The Morgan fingerprint density at radius 3 is 3.20 bits per heavy atom. The summed E-state index contributed by atoms with van der Waals surface area (Å²) in [5, 5.41) is 3.29. The van der Waals surface area contributed by atoms with E-state index in [4.69, 9.17) is 0 Å². The van der Waals surface area contributed by atoms with E-state index in [9.17, 15) is 4.79 Å². The summed E-state index contributed by atoms with van der Waals surface area (Å²) in [6, 6.07) is 4.05. The fourth-order valence-electron chi connectivity index (χ4n) is 1.90. The predicted octanol–water partition coefficient (Wildman–Crippen LogP) is 0.796. The smallest absolute Gasteiger partial charge is 0.228 e. The Hall–Kier alpha value is -1.42. The summed E-state index contributed by atoms with van der Waals surface area (Å²) in [5.41, 5.74) is 0.892. The quantitative estimate of drug-likeness (QED) is 0.793. The van der Waals surface area contributed by atoms with Gasteiger partial charge in [0.15, 0.2) is 0 Å². The lowest BCUT2D eigenvalue weighted by molar-refractivity contribution is -0.117. The molecule has 15 heavy (non-hydrogen) atoms. The molecule has 2 rings (SSSR count). The van der Waals surface area contributed by atoms with Gasteiger partial charge in [-0.05, 0) is 18.7 Å². The lowest BCUT2D eigenvalue weighted by Gasteiger charge is -2.16. The third-order valence-corrected chi connectivity index (χ3v) is 2.58. The van der Waals surface area contributed by atoms with Crippen molar-refractivity contribution < 1.29 is 4.79 Å². The summed E-state index contributed by atoms with van der Waals surface area (Å²) in [4.78, 5) is 17.5. The average molecular weight is 205 g/mol. The molecule has 1 aromatic heterocycles. The number of amides is 1. The van der Waals surface area contributed by atoms with Crippen LogP contribution in [-0.2, 0) is 4.79 Å². The van der Waals surface area contributed by atoms with E-state index in [1.807, 2.05) is 12.1 Å². The molecular weight excluding hydrogens is 190 g/mol. The first-order valence-corrected chi connectivity index (χ1v) is 5.25. The molecule has 0 radical (unpaired) electrons. The molecule has 1 N–H and O–H groups in total. The Labute approximate surface area is 89.3 Å². The number of nitrogens with zero attached hydrogens (tertiary/aromatic N) is 2. The first-order valence-electron chi connectivity index (χ1n) is 5.25. The van der Waals surface area contributed by atoms with E-state index in [0.29, 0.717) is 6.42 Å². The number of likely N-dealkylation sites (N-methyl/N-ethyl adjacent to an activating group) is 1. The topological polar surface area (TPSA) is 45.2 Å². The number of anilines is 1. The Balaban J connectivity index is 2.09. The van der Waals surface area contributed by atoms with Crippen molar-refractivity contribution in [3.05, 3.63) is 24.5 Å². The highest BCUT2D eigenvalue weighted by atomic mass is 16.2. The van der Waals surface area contributed by atoms with Crippen LogP contribution in [0.3, 0.4) is 0 Å². The number of carbonyl (C=O) groups excluding carboxylic acids is 1. The zero-order valence-corrected chi connectivity index (χ0v) is 8.81. The van der Waals surface area contributed by atoms with Crippen LogP contribution in [0.15, 0.2) is 24.5 Å². The fourth-order valence-corrected chi connectivity index (χ4v) is 1.90. The molecular formula is C11H15N3O. The first-order chi connectivity index (χ1) is 7.31. The third-order valence-electron chi connectivity index (χ3n) is 2.58. The van der Waals surface area contributed by atoms with E-state index in [0.717, 1.165) is 18.8 Å². The molecule has 4 nitrogen and oxygen atoms in total. The SMILES string of the molecule is CCNC1CC(=O)N(c2cccnc2)C1. The van der Waals surface area contributed by atoms with Crippen molar-refractivity contribution in [3.8, 4) is 0 Å². The lowest BCUT2D eigenvalue weighted by Crippen LogP contribution is -2.32.